The third-order valence-electron chi connectivity index (χ3n) is 5.92. The number of esters is 2. The van der Waals surface area contributed by atoms with Crippen LogP contribution in [0, 0.1) is 0 Å². The first-order valence-electron chi connectivity index (χ1n) is 10.2. The molecule has 0 radical (unpaired) electrons. The van der Waals surface area contributed by atoms with Crippen LogP contribution in [0.2, 0.25) is 0 Å². The Labute approximate surface area is 192 Å². The molecule has 0 aromatic heterocycles. The van der Waals surface area contributed by atoms with E-state index in [1.807, 2.05) is 0 Å². The van der Waals surface area contributed by atoms with Gasteiger partial charge in [0.25, 0.3) is 0 Å². The van der Waals surface area contributed by atoms with E-state index in [2.05, 4.69) is 4.74 Å². The van der Waals surface area contributed by atoms with Crippen LogP contribution in [-0.2, 0) is 10.2 Å². The summed E-state index contributed by atoms with van der Waals surface area (Å²) in [7, 11) is 0. The lowest BCUT2D eigenvalue weighted by Gasteiger charge is -2.38. The minimum Gasteiger partial charge on any atom is -0.386 e. The van der Waals surface area contributed by atoms with Gasteiger partial charge in [-0.15, -0.1) is 0 Å². The second-order valence-electron chi connectivity index (χ2n) is 7.92. The average molecular weight is 466 g/mol. The van der Waals surface area contributed by atoms with Crippen molar-refractivity contribution in [1.82, 2.24) is 0 Å². The van der Waals surface area contributed by atoms with Crippen molar-refractivity contribution in [2.45, 2.75) is 25.4 Å². The third kappa shape index (κ3) is 3.42. The van der Waals surface area contributed by atoms with E-state index in [1.54, 1.807) is 6.07 Å². The first-order valence-corrected chi connectivity index (χ1v) is 10.2. The Bertz CT molecular complexity index is 1360. The SMILES string of the molecule is CC(=O)c1ccc(C(c2ccccc2)(c2ccc3c(c2)C(=O)OC3=O)C(F)(F)F)cc1C(C)=O. The molecule has 3 aromatic carbocycles. The molecule has 172 valence electrons. The van der Waals surface area contributed by atoms with Gasteiger partial charge >= 0.3 is 18.1 Å². The van der Waals surface area contributed by atoms with Gasteiger partial charge in [0.1, 0.15) is 5.41 Å². The van der Waals surface area contributed by atoms with Crippen LogP contribution in [0.1, 0.15) is 72.0 Å². The fourth-order valence-electron chi connectivity index (χ4n) is 4.37. The maximum atomic E-state index is 15.2. The van der Waals surface area contributed by atoms with Gasteiger partial charge in [0.2, 0.25) is 0 Å². The molecule has 0 saturated carbocycles. The Kier molecular flexibility index (Phi) is 5.47. The van der Waals surface area contributed by atoms with Crippen LogP contribution < -0.4 is 0 Å². The highest BCUT2D eigenvalue weighted by atomic mass is 19.4. The second kappa shape index (κ2) is 8.06. The Morgan fingerprint density at radius 1 is 0.676 bits per heavy atom. The Balaban J connectivity index is 2.13. The van der Waals surface area contributed by atoms with Crippen molar-refractivity contribution in [2.24, 2.45) is 0 Å². The lowest BCUT2D eigenvalue weighted by molar-refractivity contribution is -0.166. The molecule has 0 aliphatic carbocycles. The van der Waals surface area contributed by atoms with Gasteiger partial charge in [-0.2, -0.15) is 13.2 Å². The minimum atomic E-state index is -4.96. The molecule has 5 nitrogen and oxygen atoms in total. The number of alkyl halides is 3. The molecule has 1 aliphatic rings. The molecule has 0 spiro atoms. The monoisotopic (exact) mass is 466 g/mol. The topological polar surface area (TPSA) is 77.5 Å². The molecule has 0 amide bonds. The van der Waals surface area contributed by atoms with Crippen molar-refractivity contribution in [2.75, 3.05) is 0 Å². The Morgan fingerprint density at radius 3 is 1.82 bits per heavy atom. The summed E-state index contributed by atoms with van der Waals surface area (Å²) in [5.74, 6) is -3.01. The van der Waals surface area contributed by atoms with Gasteiger partial charge in [-0.3, -0.25) is 9.59 Å². The highest BCUT2D eigenvalue weighted by molar-refractivity contribution is 6.14. The fourth-order valence-corrected chi connectivity index (χ4v) is 4.37. The number of rotatable bonds is 5. The summed E-state index contributed by atoms with van der Waals surface area (Å²) < 4.78 is 50.2. The van der Waals surface area contributed by atoms with E-state index in [0.717, 1.165) is 30.3 Å². The number of Topliss-reactive ketones (excluding diaryl/α,β-unsaturated/α-hetero) is 2. The van der Waals surface area contributed by atoms with Crippen LogP contribution in [0.25, 0.3) is 0 Å². The number of hydrogen-bond donors (Lipinski definition) is 0. The molecule has 0 bridgehead atoms. The number of carbonyl (C=O) groups is 4. The molecule has 1 atom stereocenters. The van der Waals surface area contributed by atoms with Crippen molar-refractivity contribution >= 4 is 23.5 Å². The van der Waals surface area contributed by atoms with E-state index < -0.39 is 35.1 Å². The van der Waals surface area contributed by atoms with Crippen LogP contribution in [0.4, 0.5) is 13.2 Å². The second-order valence-corrected chi connectivity index (χ2v) is 7.92. The van der Waals surface area contributed by atoms with Crippen LogP contribution in [0.3, 0.4) is 0 Å². The number of ether oxygens (including phenoxy) is 1. The third-order valence-corrected chi connectivity index (χ3v) is 5.92. The van der Waals surface area contributed by atoms with Crippen molar-refractivity contribution < 1.29 is 37.1 Å². The number of carbonyl (C=O) groups excluding carboxylic acids is 4. The van der Waals surface area contributed by atoms with E-state index in [9.17, 15) is 19.2 Å². The smallest absolute Gasteiger partial charge is 0.386 e. The number of benzene rings is 3. The van der Waals surface area contributed by atoms with Gasteiger partial charge in [0, 0.05) is 11.1 Å². The van der Waals surface area contributed by atoms with Crippen molar-refractivity contribution in [3.63, 3.8) is 0 Å². The molecule has 0 N–H and O–H groups in total. The quantitative estimate of drug-likeness (QED) is 0.221. The Morgan fingerprint density at radius 2 is 1.24 bits per heavy atom. The largest absolute Gasteiger partial charge is 0.406 e. The fraction of sp³-hybridized carbons (Fsp3) is 0.154. The number of fused-ring (bicyclic) bond motifs is 1. The van der Waals surface area contributed by atoms with E-state index in [4.69, 9.17) is 0 Å². The van der Waals surface area contributed by atoms with Gasteiger partial charge in [0.05, 0.1) is 11.1 Å². The zero-order valence-electron chi connectivity index (χ0n) is 18.0. The summed E-state index contributed by atoms with van der Waals surface area (Å²) in [6.45, 7) is 2.39. The number of hydrogen-bond acceptors (Lipinski definition) is 5. The van der Waals surface area contributed by atoms with E-state index in [-0.39, 0.29) is 38.9 Å². The molecule has 4 rings (SSSR count). The predicted molar refractivity (Wildman–Crippen MR) is 115 cm³/mol. The predicted octanol–water partition coefficient (Wildman–Crippen LogP) is 5.30. The molecular weight excluding hydrogens is 449 g/mol. The molecule has 1 heterocycles. The van der Waals surface area contributed by atoms with Crippen LogP contribution in [0.5, 0.6) is 0 Å². The van der Waals surface area contributed by atoms with Crippen molar-refractivity contribution in [3.05, 3.63) is 106 Å². The van der Waals surface area contributed by atoms with E-state index >= 15 is 13.2 Å². The highest BCUT2D eigenvalue weighted by Gasteiger charge is 2.59. The Hall–Kier alpha value is -4.07. The zero-order valence-corrected chi connectivity index (χ0v) is 18.0. The molecular formula is C26H17F3O5. The number of halogens is 3. The maximum Gasteiger partial charge on any atom is 0.406 e. The summed E-state index contributed by atoms with van der Waals surface area (Å²) in [6, 6.07) is 13.7. The summed E-state index contributed by atoms with van der Waals surface area (Å²) in [5.41, 5.74) is -4.22. The van der Waals surface area contributed by atoms with Crippen molar-refractivity contribution in [3.8, 4) is 0 Å². The maximum absolute atomic E-state index is 15.2. The van der Waals surface area contributed by atoms with E-state index in [1.165, 1.54) is 44.2 Å². The minimum absolute atomic E-state index is 0.00325. The average Bonchev–Trinajstić information content (AvgIpc) is 3.07. The molecule has 3 aromatic rings. The van der Waals surface area contributed by atoms with Crippen LogP contribution in [-0.4, -0.2) is 29.7 Å². The molecule has 0 saturated heterocycles. The highest BCUT2D eigenvalue weighted by Crippen LogP contribution is 2.52. The molecule has 1 unspecified atom stereocenters. The van der Waals surface area contributed by atoms with Gasteiger partial charge in [-0.25, -0.2) is 9.59 Å². The summed E-state index contributed by atoms with van der Waals surface area (Å²) in [4.78, 5) is 48.3. The summed E-state index contributed by atoms with van der Waals surface area (Å²) in [6.07, 6.45) is -4.96. The normalized spacial score (nSPS) is 14.9. The zero-order chi connectivity index (χ0) is 24.8. The number of ketones is 2. The van der Waals surface area contributed by atoms with Gasteiger partial charge in [-0.05, 0) is 48.7 Å². The van der Waals surface area contributed by atoms with Gasteiger partial charge < -0.3 is 4.74 Å². The van der Waals surface area contributed by atoms with Crippen LogP contribution >= 0.6 is 0 Å². The molecule has 8 heteroatoms. The number of cyclic esters (lactones) is 2. The first kappa shape index (κ1) is 23.1. The molecule has 1 aliphatic heterocycles. The van der Waals surface area contributed by atoms with Crippen molar-refractivity contribution in [1.29, 1.82) is 0 Å². The van der Waals surface area contributed by atoms with Crippen LogP contribution in [0.15, 0.2) is 66.7 Å². The standard InChI is InChI=1S/C26H17F3O5/c1-14(30)19-10-8-17(12-21(19)15(2)31)25(26(27,28)29,16-6-4-3-5-7-16)18-9-11-20-22(13-18)24(33)34-23(20)32/h3-13H,1-2H3. The lowest BCUT2D eigenvalue weighted by Crippen LogP contribution is -2.45. The summed E-state index contributed by atoms with van der Waals surface area (Å²) in [5, 5.41) is 0. The summed E-state index contributed by atoms with van der Waals surface area (Å²) >= 11 is 0. The van der Waals surface area contributed by atoms with Gasteiger partial charge in [0.15, 0.2) is 11.6 Å². The molecule has 34 heavy (non-hydrogen) atoms. The van der Waals surface area contributed by atoms with Gasteiger partial charge in [-0.1, -0.05) is 48.5 Å². The van der Waals surface area contributed by atoms with E-state index in [0.29, 0.717) is 0 Å². The molecule has 0 fully saturated rings. The lowest BCUT2D eigenvalue weighted by atomic mass is 9.67. The first-order chi connectivity index (χ1) is 16.0.